The van der Waals surface area contributed by atoms with E-state index in [0.717, 1.165) is 11.1 Å². The number of rotatable bonds is 7. The number of nitrogens with zero attached hydrogens (tertiary/aromatic N) is 1. The number of benzene rings is 2. The van der Waals surface area contributed by atoms with E-state index in [9.17, 15) is 19.5 Å². The number of aliphatic hydroxyl groups excluding tert-OH is 1. The van der Waals surface area contributed by atoms with Gasteiger partial charge in [0.25, 0.3) is 5.91 Å². The number of ketones is 1. The van der Waals surface area contributed by atoms with Gasteiger partial charge in [0.15, 0.2) is 11.5 Å². The summed E-state index contributed by atoms with van der Waals surface area (Å²) < 4.78 is 4.95. The van der Waals surface area contributed by atoms with E-state index < -0.39 is 17.7 Å². The Labute approximate surface area is 169 Å². The Kier molecular flexibility index (Phi) is 6.12. The molecule has 1 amide bonds. The summed E-state index contributed by atoms with van der Waals surface area (Å²) in [6.45, 7) is 3.76. The standard InChI is InChI=1S/C23H23NO5/c1-3-18(25)20-21(16-8-6-5-7-9-16)24(23(28)22(20)27)17-12-10-15(11-13-17)14-19(26)29-4-2/h5-13,21,27H,3-4,14H2,1-2H3. The highest BCUT2D eigenvalue weighted by atomic mass is 16.5. The third-order valence-corrected chi connectivity index (χ3v) is 4.81. The van der Waals surface area contributed by atoms with E-state index in [1.165, 1.54) is 4.90 Å². The first-order valence-corrected chi connectivity index (χ1v) is 9.57. The number of Topliss-reactive ketones (excluding diaryl/α,β-unsaturated/α-hetero) is 1. The lowest BCUT2D eigenvalue weighted by atomic mass is 9.95. The van der Waals surface area contributed by atoms with Crippen molar-refractivity contribution in [1.29, 1.82) is 0 Å². The molecule has 1 aliphatic rings. The number of anilines is 1. The Bertz CT molecular complexity index is 947. The van der Waals surface area contributed by atoms with Gasteiger partial charge in [-0.15, -0.1) is 0 Å². The van der Waals surface area contributed by atoms with Crippen LogP contribution in [0, 0.1) is 0 Å². The zero-order valence-electron chi connectivity index (χ0n) is 16.4. The summed E-state index contributed by atoms with van der Waals surface area (Å²) >= 11 is 0. The third-order valence-electron chi connectivity index (χ3n) is 4.81. The van der Waals surface area contributed by atoms with Gasteiger partial charge in [0, 0.05) is 12.1 Å². The fourth-order valence-electron chi connectivity index (χ4n) is 3.45. The quantitative estimate of drug-likeness (QED) is 0.726. The van der Waals surface area contributed by atoms with Crippen molar-refractivity contribution >= 4 is 23.3 Å². The first kappa shape index (κ1) is 20.3. The molecule has 0 spiro atoms. The summed E-state index contributed by atoms with van der Waals surface area (Å²) in [4.78, 5) is 38.5. The van der Waals surface area contributed by atoms with Gasteiger partial charge in [-0.05, 0) is 30.2 Å². The molecule has 150 valence electrons. The highest BCUT2D eigenvalue weighted by Gasteiger charge is 2.43. The van der Waals surface area contributed by atoms with Crippen LogP contribution < -0.4 is 4.90 Å². The van der Waals surface area contributed by atoms with Crippen molar-refractivity contribution in [1.82, 2.24) is 0 Å². The molecule has 0 radical (unpaired) electrons. The maximum absolute atomic E-state index is 12.9. The molecule has 3 rings (SSSR count). The van der Waals surface area contributed by atoms with E-state index in [-0.39, 0.29) is 30.2 Å². The zero-order chi connectivity index (χ0) is 21.0. The predicted octanol–water partition coefficient (Wildman–Crippen LogP) is 3.67. The summed E-state index contributed by atoms with van der Waals surface area (Å²) in [5.74, 6) is -1.73. The van der Waals surface area contributed by atoms with Crippen LogP contribution in [0.25, 0.3) is 0 Å². The number of esters is 1. The molecular weight excluding hydrogens is 370 g/mol. The largest absolute Gasteiger partial charge is 0.503 e. The Hall–Kier alpha value is -3.41. The summed E-state index contributed by atoms with van der Waals surface area (Å²) in [6.07, 6.45) is 0.315. The van der Waals surface area contributed by atoms with Crippen LogP contribution in [0.2, 0.25) is 0 Å². The van der Waals surface area contributed by atoms with Gasteiger partial charge in [-0.3, -0.25) is 19.3 Å². The summed E-state index contributed by atoms with van der Waals surface area (Å²) in [6, 6.07) is 15.3. The average Bonchev–Trinajstić information content (AvgIpc) is 3.00. The second-order valence-electron chi connectivity index (χ2n) is 6.68. The van der Waals surface area contributed by atoms with Gasteiger partial charge < -0.3 is 9.84 Å². The van der Waals surface area contributed by atoms with Gasteiger partial charge >= 0.3 is 5.97 Å². The number of amides is 1. The van der Waals surface area contributed by atoms with Crippen LogP contribution in [0.15, 0.2) is 65.9 Å². The minimum absolute atomic E-state index is 0.110. The van der Waals surface area contributed by atoms with Gasteiger partial charge in [0.05, 0.1) is 24.6 Å². The molecule has 1 heterocycles. The predicted molar refractivity (Wildman–Crippen MR) is 108 cm³/mol. The second-order valence-corrected chi connectivity index (χ2v) is 6.68. The zero-order valence-corrected chi connectivity index (χ0v) is 16.4. The van der Waals surface area contributed by atoms with Crippen LogP contribution in [0.4, 0.5) is 5.69 Å². The van der Waals surface area contributed by atoms with E-state index in [2.05, 4.69) is 0 Å². The van der Waals surface area contributed by atoms with Crippen LogP contribution in [0.1, 0.15) is 37.4 Å². The monoisotopic (exact) mass is 393 g/mol. The average molecular weight is 393 g/mol. The summed E-state index contributed by atoms with van der Waals surface area (Å²) in [7, 11) is 0. The molecule has 0 saturated heterocycles. The Morgan fingerprint density at radius 2 is 1.69 bits per heavy atom. The van der Waals surface area contributed by atoms with Gasteiger partial charge in [-0.1, -0.05) is 49.4 Å². The lowest BCUT2D eigenvalue weighted by Crippen LogP contribution is -2.31. The van der Waals surface area contributed by atoms with Crippen molar-refractivity contribution in [3.63, 3.8) is 0 Å². The highest BCUT2D eigenvalue weighted by Crippen LogP contribution is 2.41. The van der Waals surface area contributed by atoms with Crippen molar-refractivity contribution < 1.29 is 24.2 Å². The van der Waals surface area contributed by atoms with Gasteiger partial charge in [-0.25, -0.2) is 0 Å². The number of carbonyl (C=O) groups is 3. The Morgan fingerprint density at radius 3 is 2.28 bits per heavy atom. The van der Waals surface area contributed by atoms with Crippen LogP contribution in [-0.4, -0.2) is 29.4 Å². The molecule has 29 heavy (non-hydrogen) atoms. The fraction of sp³-hybridized carbons (Fsp3) is 0.261. The number of hydrogen-bond donors (Lipinski definition) is 1. The van der Waals surface area contributed by atoms with E-state index in [1.807, 2.05) is 30.3 Å². The molecule has 0 saturated carbocycles. The lowest BCUT2D eigenvalue weighted by Gasteiger charge is -2.27. The smallest absolute Gasteiger partial charge is 0.310 e. The van der Waals surface area contributed by atoms with Gasteiger partial charge in [0.2, 0.25) is 0 Å². The van der Waals surface area contributed by atoms with E-state index in [0.29, 0.717) is 12.3 Å². The van der Waals surface area contributed by atoms with Crippen LogP contribution >= 0.6 is 0 Å². The normalized spacial score (nSPS) is 16.3. The maximum atomic E-state index is 12.9. The molecule has 1 atom stereocenters. The van der Waals surface area contributed by atoms with Gasteiger partial charge in [-0.2, -0.15) is 0 Å². The minimum Gasteiger partial charge on any atom is -0.503 e. The first-order valence-electron chi connectivity index (χ1n) is 9.57. The molecule has 0 bridgehead atoms. The van der Waals surface area contributed by atoms with E-state index in [1.54, 1.807) is 38.1 Å². The summed E-state index contributed by atoms with van der Waals surface area (Å²) in [5.41, 5.74) is 2.12. The molecule has 2 aromatic carbocycles. The molecule has 0 aliphatic carbocycles. The molecule has 6 heteroatoms. The number of ether oxygens (including phenoxy) is 1. The molecular formula is C23H23NO5. The Balaban J connectivity index is 1.98. The van der Waals surface area contributed by atoms with Crippen LogP contribution in [0.3, 0.4) is 0 Å². The van der Waals surface area contributed by atoms with Crippen molar-refractivity contribution in [2.24, 2.45) is 0 Å². The third kappa shape index (κ3) is 4.06. The van der Waals surface area contributed by atoms with Crippen molar-refractivity contribution in [2.75, 3.05) is 11.5 Å². The van der Waals surface area contributed by atoms with Crippen LogP contribution in [0.5, 0.6) is 0 Å². The van der Waals surface area contributed by atoms with Gasteiger partial charge in [0.1, 0.15) is 0 Å². The molecule has 1 aliphatic heterocycles. The molecule has 6 nitrogen and oxygen atoms in total. The molecule has 1 N–H and O–H groups in total. The number of carbonyl (C=O) groups excluding carboxylic acids is 3. The topological polar surface area (TPSA) is 83.9 Å². The molecule has 2 aromatic rings. The molecule has 0 aromatic heterocycles. The second kappa shape index (κ2) is 8.73. The minimum atomic E-state index is -0.702. The van der Waals surface area contributed by atoms with Crippen molar-refractivity contribution in [3.8, 4) is 0 Å². The van der Waals surface area contributed by atoms with E-state index in [4.69, 9.17) is 4.74 Å². The molecule has 1 unspecified atom stereocenters. The first-order chi connectivity index (χ1) is 14.0. The highest BCUT2D eigenvalue weighted by molar-refractivity contribution is 6.16. The van der Waals surface area contributed by atoms with E-state index >= 15 is 0 Å². The fourth-order valence-corrected chi connectivity index (χ4v) is 3.45. The SMILES string of the molecule is CCOC(=O)Cc1ccc(N2C(=O)C(O)=C(C(=O)CC)C2c2ccccc2)cc1. The maximum Gasteiger partial charge on any atom is 0.310 e. The number of aliphatic hydroxyl groups is 1. The number of hydrogen-bond acceptors (Lipinski definition) is 5. The summed E-state index contributed by atoms with van der Waals surface area (Å²) in [5, 5.41) is 10.5. The lowest BCUT2D eigenvalue weighted by molar-refractivity contribution is -0.142. The van der Waals surface area contributed by atoms with Crippen LogP contribution in [-0.2, 0) is 25.5 Å². The molecule has 0 fully saturated rings. The van der Waals surface area contributed by atoms with Crippen molar-refractivity contribution in [3.05, 3.63) is 77.1 Å². The Morgan fingerprint density at radius 1 is 1.03 bits per heavy atom. The van der Waals surface area contributed by atoms with Crippen molar-refractivity contribution in [2.45, 2.75) is 32.7 Å².